The first-order valence-corrected chi connectivity index (χ1v) is 10.4. The predicted octanol–water partition coefficient (Wildman–Crippen LogP) is 4.20. The molecule has 8 heteroatoms. The highest BCUT2D eigenvalue weighted by Crippen LogP contribution is 2.38. The molecule has 5 nitrogen and oxygen atoms in total. The van der Waals surface area contributed by atoms with Gasteiger partial charge >= 0.3 is 0 Å². The molecule has 0 unspecified atom stereocenters. The molecule has 25 heavy (non-hydrogen) atoms. The van der Waals surface area contributed by atoms with Crippen molar-refractivity contribution in [3.8, 4) is 0 Å². The number of sulfonamides is 1. The van der Waals surface area contributed by atoms with Crippen molar-refractivity contribution in [3.63, 3.8) is 0 Å². The predicted molar refractivity (Wildman–Crippen MR) is 103 cm³/mol. The average molecular weight is 444 g/mol. The highest BCUT2D eigenvalue weighted by Gasteiger charge is 2.32. The van der Waals surface area contributed by atoms with Gasteiger partial charge < -0.3 is 4.90 Å². The molecule has 0 saturated carbocycles. The minimum atomic E-state index is -3.87. The van der Waals surface area contributed by atoms with Crippen LogP contribution in [0.15, 0.2) is 45.8 Å². The van der Waals surface area contributed by atoms with E-state index >= 15 is 0 Å². The fourth-order valence-electron chi connectivity index (χ4n) is 2.84. The number of nitrogens with zero attached hydrogens (tertiary/aromatic N) is 1. The van der Waals surface area contributed by atoms with Crippen molar-refractivity contribution >= 4 is 54.8 Å². The van der Waals surface area contributed by atoms with Gasteiger partial charge in [-0.3, -0.25) is 9.52 Å². The molecule has 0 spiro atoms. The summed E-state index contributed by atoms with van der Waals surface area (Å²) >= 11 is 9.20. The number of benzene rings is 2. The normalized spacial score (nSPS) is 13.6. The number of amides is 1. The zero-order valence-electron chi connectivity index (χ0n) is 13.4. The molecule has 0 aromatic heterocycles. The molecule has 1 N–H and O–H groups in total. The van der Waals surface area contributed by atoms with Crippen molar-refractivity contribution in [1.29, 1.82) is 0 Å². The van der Waals surface area contributed by atoms with Crippen LogP contribution in [0.3, 0.4) is 0 Å². The molecule has 2 aromatic rings. The summed E-state index contributed by atoms with van der Waals surface area (Å²) in [5.41, 5.74) is 1.72. The van der Waals surface area contributed by atoms with E-state index in [4.69, 9.17) is 11.6 Å². The van der Waals surface area contributed by atoms with Gasteiger partial charge in [0.1, 0.15) is 4.90 Å². The van der Waals surface area contributed by atoms with Crippen molar-refractivity contribution < 1.29 is 13.2 Å². The van der Waals surface area contributed by atoms with Crippen molar-refractivity contribution in [2.45, 2.75) is 24.7 Å². The Bertz CT molecular complexity index is 930. The first-order chi connectivity index (χ1) is 11.8. The lowest BCUT2D eigenvalue weighted by atomic mass is 10.2. The van der Waals surface area contributed by atoms with E-state index in [1.807, 2.05) is 6.07 Å². The molecule has 1 aliphatic heterocycles. The maximum absolute atomic E-state index is 13.0. The SMILES string of the molecule is CCC(=O)N1CCc2cc(Br)cc(S(=O)(=O)Nc3ccc(Cl)cc3)c21. The number of hydrogen-bond donors (Lipinski definition) is 1. The molecule has 3 rings (SSSR count). The van der Waals surface area contributed by atoms with Gasteiger partial charge in [-0.1, -0.05) is 34.5 Å². The van der Waals surface area contributed by atoms with Gasteiger partial charge in [0, 0.05) is 28.1 Å². The summed E-state index contributed by atoms with van der Waals surface area (Å²) in [5.74, 6) is -0.0935. The largest absolute Gasteiger partial charge is 0.310 e. The number of rotatable bonds is 4. The summed E-state index contributed by atoms with van der Waals surface area (Å²) in [6.45, 7) is 2.25. The van der Waals surface area contributed by atoms with Crippen LogP contribution in [0.5, 0.6) is 0 Å². The molecule has 0 atom stereocenters. The van der Waals surface area contributed by atoms with E-state index in [2.05, 4.69) is 20.7 Å². The standard InChI is InChI=1S/C17H16BrClN2O3S/c1-2-16(22)21-8-7-11-9-12(18)10-15(17(11)21)25(23,24)20-14-5-3-13(19)4-6-14/h3-6,9-10,20H,2,7-8H2,1H3. The Morgan fingerprint density at radius 2 is 1.96 bits per heavy atom. The van der Waals surface area contributed by atoms with Gasteiger partial charge in [0.2, 0.25) is 5.91 Å². The van der Waals surface area contributed by atoms with Gasteiger partial charge in [0.15, 0.2) is 0 Å². The lowest BCUT2D eigenvalue weighted by molar-refractivity contribution is -0.118. The van der Waals surface area contributed by atoms with Crippen LogP contribution in [0.2, 0.25) is 5.02 Å². The van der Waals surface area contributed by atoms with E-state index in [0.29, 0.717) is 40.3 Å². The van der Waals surface area contributed by atoms with Crippen molar-refractivity contribution in [2.75, 3.05) is 16.2 Å². The van der Waals surface area contributed by atoms with Crippen LogP contribution in [0.1, 0.15) is 18.9 Å². The number of nitrogens with one attached hydrogen (secondary N) is 1. The van der Waals surface area contributed by atoms with Crippen LogP contribution >= 0.6 is 27.5 Å². The molecule has 1 amide bonds. The monoisotopic (exact) mass is 442 g/mol. The third-order valence-electron chi connectivity index (χ3n) is 3.98. The van der Waals surface area contributed by atoms with Crippen LogP contribution in [-0.2, 0) is 21.2 Å². The fourth-order valence-corrected chi connectivity index (χ4v) is 4.96. The smallest absolute Gasteiger partial charge is 0.264 e. The second kappa shape index (κ2) is 6.97. The first kappa shape index (κ1) is 18.2. The Balaban J connectivity index is 2.07. The summed E-state index contributed by atoms with van der Waals surface area (Å²) < 4.78 is 29.1. The molecular weight excluding hydrogens is 428 g/mol. The maximum Gasteiger partial charge on any atom is 0.264 e. The van der Waals surface area contributed by atoms with Crippen molar-refractivity contribution in [2.24, 2.45) is 0 Å². The van der Waals surface area contributed by atoms with E-state index in [-0.39, 0.29) is 10.8 Å². The average Bonchev–Trinajstić information content (AvgIpc) is 2.98. The van der Waals surface area contributed by atoms with Gasteiger partial charge in [-0.25, -0.2) is 8.42 Å². The zero-order valence-corrected chi connectivity index (χ0v) is 16.6. The summed E-state index contributed by atoms with van der Waals surface area (Å²) in [4.78, 5) is 13.9. The summed E-state index contributed by atoms with van der Waals surface area (Å²) in [7, 11) is -3.87. The molecular formula is C17H16BrClN2O3S. The van der Waals surface area contributed by atoms with Crippen LogP contribution in [0.25, 0.3) is 0 Å². The van der Waals surface area contributed by atoms with Crippen molar-refractivity contribution in [1.82, 2.24) is 0 Å². The molecule has 0 radical (unpaired) electrons. The van der Waals surface area contributed by atoms with Gasteiger partial charge in [-0.15, -0.1) is 0 Å². The lowest BCUT2D eigenvalue weighted by Crippen LogP contribution is -2.29. The minimum Gasteiger partial charge on any atom is -0.310 e. The maximum atomic E-state index is 13.0. The number of hydrogen-bond acceptors (Lipinski definition) is 3. The molecule has 0 fully saturated rings. The van der Waals surface area contributed by atoms with E-state index in [0.717, 1.165) is 5.56 Å². The second-order valence-corrected chi connectivity index (χ2v) is 8.68. The van der Waals surface area contributed by atoms with Crippen LogP contribution in [0.4, 0.5) is 11.4 Å². The molecule has 132 valence electrons. The van der Waals surface area contributed by atoms with E-state index in [1.54, 1.807) is 36.1 Å². The van der Waals surface area contributed by atoms with Crippen LogP contribution in [0, 0.1) is 0 Å². The molecule has 0 saturated heterocycles. The fraction of sp³-hybridized carbons (Fsp3) is 0.235. The topological polar surface area (TPSA) is 66.5 Å². The second-order valence-electron chi connectivity index (χ2n) is 5.67. The Morgan fingerprint density at radius 3 is 2.60 bits per heavy atom. The third kappa shape index (κ3) is 3.68. The van der Waals surface area contributed by atoms with E-state index < -0.39 is 10.0 Å². The van der Waals surface area contributed by atoms with Gasteiger partial charge in [0.25, 0.3) is 10.0 Å². The highest BCUT2D eigenvalue weighted by molar-refractivity contribution is 9.10. The van der Waals surface area contributed by atoms with E-state index in [9.17, 15) is 13.2 Å². The number of carbonyl (C=O) groups excluding carboxylic acids is 1. The highest BCUT2D eigenvalue weighted by atomic mass is 79.9. The molecule has 0 bridgehead atoms. The summed E-state index contributed by atoms with van der Waals surface area (Å²) in [5, 5.41) is 0.519. The Kier molecular flexibility index (Phi) is 5.09. The number of anilines is 2. The molecule has 1 heterocycles. The molecule has 2 aromatic carbocycles. The minimum absolute atomic E-state index is 0.0890. The molecule has 0 aliphatic carbocycles. The number of halogens is 2. The van der Waals surface area contributed by atoms with Gasteiger partial charge in [-0.2, -0.15) is 0 Å². The quantitative estimate of drug-likeness (QED) is 0.770. The van der Waals surface area contributed by atoms with Gasteiger partial charge in [-0.05, 0) is 48.4 Å². The van der Waals surface area contributed by atoms with E-state index in [1.165, 1.54) is 6.07 Å². The van der Waals surface area contributed by atoms with Crippen LogP contribution in [-0.4, -0.2) is 20.9 Å². The van der Waals surface area contributed by atoms with Crippen molar-refractivity contribution in [3.05, 3.63) is 51.5 Å². The van der Waals surface area contributed by atoms with Crippen LogP contribution < -0.4 is 9.62 Å². The summed E-state index contributed by atoms with van der Waals surface area (Å²) in [6, 6.07) is 9.79. The first-order valence-electron chi connectivity index (χ1n) is 7.73. The summed E-state index contributed by atoms with van der Waals surface area (Å²) in [6.07, 6.45) is 0.948. The third-order valence-corrected chi connectivity index (χ3v) is 6.09. The Hall–Kier alpha value is -1.57. The number of carbonyl (C=O) groups is 1. The number of fused-ring (bicyclic) bond motifs is 1. The Labute approximate surface area is 160 Å². The molecule has 1 aliphatic rings. The lowest BCUT2D eigenvalue weighted by Gasteiger charge is -2.20. The Morgan fingerprint density at radius 1 is 1.28 bits per heavy atom. The van der Waals surface area contributed by atoms with Gasteiger partial charge in [0.05, 0.1) is 5.69 Å². The zero-order chi connectivity index (χ0) is 18.2.